The Morgan fingerprint density at radius 2 is 1.68 bits per heavy atom. The second kappa shape index (κ2) is 8.66. The zero-order valence-corrected chi connectivity index (χ0v) is 16.8. The van der Waals surface area contributed by atoms with Gasteiger partial charge in [0, 0.05) is 35.6 Å². The van der Waals surface area contributed by atoms with Gasteiger partial charge in [0.1, 0.15) is 11.4 Å². The van der Waals surface area contributed by atoms with Gasteiger partial charge in [0.15, 0.2) is 23.1 Å². The van der Waals surface area contributed by atoms with Crippen LogP contribution in [0.15, 0.2) is 67.0 Å². The van der Waals surface area contributed by atoms with E-state index in [2.05, 4.69) is 15.3 Å². The first-order chi connectivity index (χ1) is 15.1. The summed E-state index contributed by atoms with van der Waals surface area (Å²) >= 11 is 0. The molecule has 0 saturated carbocycles. The third-order valence-electron chi connectivity index (χ3n) is 4.51. The molecule has 1 amide bonds. The van der Waals surface area contributed by atoms with Crippen LogP contribution in [0.4, 0.5) is 10.1 Å². The first kappa shape index (κ1) is 20.1. The van der Waals surface area contributed by atoms with E-state index in [1.807, 2.05) is 0 Å². The van der Waals surface area contributed by atoms with Crippen LogP contribution in [0.3, 0.4) is 0 Å². The molecule has 0 aliphatic rings. The molecular formula is C23H18FN3O4. The maximum absolute atomic E-state index is 14.7. The Morgan fingerprint density at radius 1 is 0.871 bits per heavy atom. The molecule has 2 heterocycles. The number of hydrogen-bond acceptors (Lipinski definition) is 6. The van der Waals surface area contributed by atoms with Crippen LogP contribution in [0, 0.1) is 5.82 Å². The molecule has 0 radical (unpaired) electrons. The summed E-state index contributed by atoms with van der Waals surface area (Å²) < 4.78 is 31.1. The molecular weight excluding hydrogens is 401 g/mol. The molecule has 0 aliphatic carbocycles. The molecule has 0 bridgehead atoms. The Labute approximate surface area is 177 Å². The number of amides is 1. The Bertz CT molecular complexity index is 1250. The molecule has 1 N–H and O–H groups in total. The van der Waals surface area contributed by atoms with Crippen molar-refractivity contribution in [3.63, 3.8) is 0 Å². The average Bonchev–Trinajstić information content (AvgIpc) is 2.80. The van der Waals surface area contributed by atoms with Crippen molar-refractivity contribution >= 4 is 22.5 Å². The number of aromatic nitrogens is 2. The summed E-state index contributed by atoms with van der Waals surface area (Å²) in [6.45, 7) is 0. The Hall–Kier alpha value is -4.20. The minimum atomic E-state index is -0.635. The van der Waals surface area contributed by atoms with Crippen LogP contribution < -0.4 is 19.5 Å². The fourth-order valence-corrected chi connectivity index (χ4v) is 3.01. The van der Waals surface area contributed by atoms with Crippen molar-refractivity contribution in [2.45, 2.75) is 0 Å². The van der Waals surface area contributed by atoms with Gasteiger partial charge < -0.3 is 19.5 Å². The summed E-state index contributed by atoms with van der Waals surface area (Å²) in [5.41, 5.74) is 1.12. The van der Waals surface area contributed by atoms with Crippen molar-refractivity contribution in [3.8, 4) is 23.0 Å². The van der Waals surface area contributed by atoms with Crippen LogP contribution in [0.5, 0.6) is 23.0 Å². The smallest absolute Gasteiger partial charge is 0.274 e. The highest BCUT2D eigenvalue weighted by Crippen LogP contribution is 2.37. The van der Waals surface area contributed by atoms with Gasteiger partial charge in [0.25, 0.3) is 5.91 Å². The zero-order valence-electron chi connectivity index (χ0n) is 16.8. The molecule has 2 aromatic heterocycles. The number of anilines is 1. The van der Waals surface area contributed by atoms with Crippen molar-refractivity contribution in [1.82, 2.24) is 9.97 Å². The lowest BCUT2D eigenvalue weighted by molar-refractivity contribution is 0.102. The number of nitrogens with zero attached hydrogens (tertiary/aromatic N) is 2. The molecule has 4 rings (SSSR count). The van der Waals surface area contributed by atoms with Crippen LogP contribution in [-0.4, -0.2) is 30.1 Å². The number of fused-ring (bicyclic) bond motifs is 1. The predicted octanol–water partition coefficient (Wildman–Crippen LogP) is 4.83. The first-order valence-corrected chi connectivity index (χ1v) is 9.29. The molecule has 156 valence electrons. The summed E-state index contributed by atoms with van der Waals surface area (Å²) in [7, 11) is 3.06. The van der Waals surface area contributed by atoms with Crippen LogP contribution >= 0.6 is 0 Å². The number of halogens is 1. The van der Waals surface area contributed by atoms with E-state index in [-0.39, 0.29) is 17.1 Å². The minimum absolute atomic E-state index is 0.00174. The normalized spacial score (nSPS) is 10.5. The van der Waals surface area contributed by atoms with Crippen LogP contribution in [0.2, 0.25) is 0 Å². The highest BCUT2D eigenvalue weighted by molar-refractivity contribution is 6.02. The lowest BCUT2D eigenvalue weighted by Crippen LogP contribution is -2.13. The molecule has 0 atom stereocenters. The molecule has 7 nitrogen and oxygen atoms in total. The molecule has 0 aliphatic heterocycles. The van der Waals surface area contributed by atoms with Gasteiger partial charge in [0.05, 0.1) is 19.7 Å². The van der Waals surface area contributed by atoms with E-state index < -0.39 is 11.7 Å². The van der Waals surface area contributed by atoms with Crippen molar-refractivity contribution in [3.05, 3.63) is 78.5 Å². The monoisotopic (exact) mass is 419 g/mol. The molecule has 0 saturated heterocycles. The largest absolute Gasteiger partial charge is 0.493 e. The van der Waals surface area contributed by atoms with Gasteiger partial charge in [-0.2, -0.15) is 0 Å². The molecule has 4 aromatic rings. The number of pyridine rings is 2. The number of methoxy groups -OCH3 is 2. The Kier molecular flexibility index (Phi) is 5.61. The molecule has 0 unspecified atom stereocenters. The third kappa shape index (κ3) is 4.23. The Morgan fingerprint density at radius 3 is 2.39 bits per heavy atom. The highest BCUT2D eigenvalue weighted by Gasteiger charge is 2.14. The molecule has 2 aromatic carbocycles. The lowest BCUT2D eigenvalue weighted by Gasteiger charge is -2.13. The van der Waals surface area contributed by atoms with Crippen molar-refractivity contribution in [1.29, 1.82) is 0 Å². The number of carbonyl (C=O) groups is 1. The number of benzene rings is 2. The van der Waals surface area contributed by atoms with Gasteiger partial charge in [-0.15, -0.1) is 0 Å². The van der Waals surface area contributed by atoms with Crippen molar-refractivity contribution in [2.75, 3.05) is 19.5 Å². The van der Waals surface area contributed by atoms with E-state index in [1.165, 1.54) is 32.5 Å². The van der Waals surface area contributed by atoms with Crippen molar-refractivity contribution in [2.24, 2.45) is 0 Å². The SMILES string of the molecule is COc1cc2nccc(Oc3ccc(NC(=O)c4ccccn4)cc3F)c2cc1OC. The summed E-state index contributed by atoms with van der Waals surface area (Å²) in [5, 5.41) is 3.24. The third-order valence-corrected chi connectivity index (χ3v) is 4.51. The first-order valence-electron chi connectivity index (χ1n) is 9.29. The minimum Gasteiger partial charge on any atom is -0.493 e. The van der Waals surface area contributed by atoms with E-state index in [1.54, 1.807) is 48.7 Å². The van der Waals surface area contributed by atoms with E-state index in [9.17, 15) is 9.18 Å². The van der Waals surface area contributed by atoms with Crippen LogP contribution in [0.1, 0.15) is 10.5 Å². The van der Waals surface area contributed by atoms with Gasteiger partial charge in [-0.25, -0.2) is 4.39 Å². The quantitative estimate of drug-likeness (QED) is 0.482. The van der Waals surface area contributed by atoms with Gasteiger partial charge in [-0.05, 0) is 36.4 Å². The standard InChI is InChI=1S/C23H18FN3O4/c1-29-21-12-15-18(13-22(21)30-2)26-10-8-19(15)31-20-7-6-14(11-16(20)24)27-23(28)17-5-3-4-9-25-17/h3-13H,1-2H3,(H,27,28). The predicted molar refractivity (Wildman–Crippen MR) is 114 cm³/mol. The lowest BCUT2D eigenvalue weighted by atomic mass is 10.2. The maximum atomic E-state index is 14.7. The average molecular weight is 419 g/mol. The van der Waals surface area contributed by atoms with Gasteiger partial charge in [0.2, 0.25) is 0 Å². The summed E-state index contributed by atoms with van der Waals surface area (Å²) in [4.78, 5) is 20.5. The van der Waals surface area contributed by atoms with Gasteiger partial charge in [-0.3, -0.25) is 14.8 Å². The zero-order chi connectivity index (χ0) is 21.8. The van der Waals surface area contributed by atoms with Gasteiger partial charge in [-0.1, -0.05) is 6.07 Å². The summed E-state index contributed by atoms with van der Waals surface area (Å²) in [6.07, 6.45) is 3.07. The molecule has 31 heavy (non-hydrogen) atoms. The summed E-state index contributed by atoms with van der Waals surface area (Å²) in [5.74, 6) is 0.354. The van der Waals surface area contributed by atoms with E-state index in [0.29, 0.717) is 28.2 Å². The Balaban J connectivity index is 1.60. The number of carbonyl (C=O) groups excluding carboxylic acids is 1. The topological polar surface area (TPSA) is 82.6 Å². The van der Waals surface area contributed by atoms with Crippen LogP contribution in [0.25, 0.3) is 10.9 Å². The second-order valence-electron chi connectivity index (χ2n) is 6.45. The fraction of sp³-hybridized carbons (Fsp3) is 0.0870. The van der Waals surface area contributed by atoms with E-state index >= 15 is 0 Å². The number of rotatable bonds is 6. The number of ether oxygens (including phenoxy) is 3. The number of hydrogen-bond donors (Lipinski definition) is 1. The summed E-state index contributed by atoms with van der Waals surface area (Å²) in [6, 6.07) is 14.2. The van der Waals surface area contributed by atoms with Crippen LogP contribution in [-0.2, 0) is 0 Å². The van der Waals surface area contributed by atoms with E-state index in [4.69, 9.17) is 14.2 Å². The van der Waals surface area contributed by atoms with Gasteiger partial charge >= 0.3 is 0 Å². The highest BCUT2D eigenvalue weighted by atomic mass is 19.1. The fourth-order valence-electron chi connectivity index (χ4n) is 3.01. The molecule has 0 spiro atoms. The second-order valence-corrected chi connectivity index (χ2v) is 6.45. The molecule has 8 heteroatoms. The van der Waals surface area contributed by atoms with E-state index in [0.717, 1.165) is 0 Å². The maximum Gasteiger partial charge on any atom is 0.274 e. The molecule has 0 fully saturated rings. The van der Waals surface area contributed by atoms with Crippen molar-refractivity contribution < 1.29 is 23.4 Å². The number of nitrogens with one attached hydrogen (secondary N) is 1.